The van der Waals surface area contributed by atoms with Crippen LogP contribution in [0.15, 0.2) is 54.6 Å². The van der Waals surface area contributed by atoms with Gasteiger partial charge < -0.3 is 4.74 Å². The van der Waals surface area contributed by atoms with Crippen molar-refractivity contribution in [2.24, 2.45) is 11.3 Å². The molecule has 2 aromatic carbocycles. The maximum Gasteiger partial charge on any atom is 0.335 e. The molecule has 0 radical (unpaired) electrons. The summed E-state index contributed by atoms with van der Waals surface area (Å²) in [5.74, 6) is -0.687. The number of nitrogens with one attached hydrogen (secondary N) is 1. The first-order valence-electron chi connectivity index (χ1n) is 8.78. The molecule has 3 rings (SSSR count). The van der Waals surface area contributed by atoms with Gasteiger partial charge >= 0.3 is 6.03 Å². The summed E-state index contributed by atoms with van der Waals surface area (Å²) in [4.78, 5) is 39.8. The van der Waals surface area contributed by atoms with E-state index in [1.165, 1.54) is 0 Å². The lowest BCUT2D eigenvalue weighted by molar-refractivity contribution is -0.145. The Hall–Kier alpha value is -3.15. The summed E-state index contributed by atoms with van der Waals surface area (Å²) in [5, 5.41) is 2.38. The Balaban J connectivity index is 2.04. The smallest absolute Gasteiger partial charge is 0.335 e. The molecule has 1 unspecified atom stereocenters. The van der Waals surface area contributed by atoms with Crippen LogP contribution >= 0.6 is 0 Å². The molecular weight excluding hydrogens is 344 g/mol. The van der Waals surface area contributed by atoms with Gasteiger partial charge in [0.1, 0.15) is 11.2 Å². The first-order valence-corrected chi connectivity index (χ1v) is 8.78. The van der Waals surface area contributed by atoms with Crippen molar-refractivity contribution in [2.45, 2.75) is 20.3 Å². The fourth-order valence-electron chi connectivity index (χ4n) is 3.40. The van der Waals surface area contributed by atoms with Crippen molar-refractivity contribution in [1.29, 1.82) is 0 Å². The van der Waals surface area contributed by atoms with E-state index in [2.05, 4.69) is 5.32 Å². The minimum Gasteiger partial charge on any atom is -0.497 e. The van der Waals surface area contributed by atoms with Gasteiger partial charge in [0.2, 0.25) is 5.91 Å². The molecule has 0 aromatic heterocycles. The summed E-state index contributed by atoms with van der Waals surface area (Å²) in [6, 6.07) is 15.1. The summed E-state index contributed by atoms with van der Waals surface area (Å²) < 4.78 is 5.16. The Bertz CT molecular complexity index is 862. The third-order valence-electron chi connectivity index (χ3n) is 5.06. The van der Waals surface area contributed by atoms with Crippen molar-refractivity contribution in [2.75, 3.05) is 12.0 Å². The molecule has 1 aliphatic heterocycles. The SMILES string of the molecule is COc1ccc(CC2(C(C)C)C(=O)NC(=O)N(c3ccccc3)C2=O)cc1. The lowest BCUT2D eigenvalue weighted by Gasteiger charge is -2.41. The van der Waals surface area contributed by atoms with E-state index in [4.69, 9.17) is 4.74 Å². The number of ether oxygens (including phenoxy) is 1. The zero-order chi connectivity index (χ0) is 19.6. The zero-order valence-electron chi connectivity index (χ0n) is 15.6. The van der Waals surface area contributed by atoms with Gasteiger partial charge in [-0.25, -0.2) is 9.69 Å². The number of benzene rings is 2. The monoisotopic (exact) mass is 366 g/mol. The Morgan fingerprint density at radius 3 is 2.19 bits per heavy atom. The molecule has 1 N–H and O–H groups in total. The molecule has 140 valence electrons. The zero-order valence-corrected chi connectivity index (χ0v) is 15.6. The maximum absolute atomic E-state index is 13.5. The van der Waals surface area contributed by atoms with Gasteiger partial charge in [-0.15, -0.1) is 0 Å². The third-order valence-corrected chi connectivity index (χ3v) is 5.06. The summed E-state index contributed by atoms with van der Waals surface area (Å²) in [6.07, 6.45) is 0.190. The van der Waals surface area contributed by atoms with Crippen LogP contribution in [0.2, 0.25) is 0 Å². The van der Waals surface area contributed by atoms with Crippen molar-refractivity contribution in [3.8, 4) is 5.75 Å². The summed E-state index contributed by atoms with van der Waals surface area (Å²) in [5.41, 5.74) is -0.124. The quantitative estimate of drug-likeness (QED) is 0.825. The number of rotatable bonds is 5. The molecule has 0 spiro atoms. The number of para-hydroxylation sites is 1. The van der Waals surface area contributed by atoms with E-state index in [-0.39, 0.29) is 12.3 Å². The van der Waals surface area contributed by atoms with Gasteiger partial charge in [0.05, 0.1) is 12.8 Å². The van der Waals surface area contributed by atoms with Gasteiger partial charge in [-0.3, -0.25) is 14.9 Å². The molecule has 1 fully saturated rings. The van der Waals surface area contributed by atoms with Crippen LogP contribution in [0.25, 0.3) is 0 Å². The Morgan fingerprint density at radius 2 is 1.63 bits per heavy atom. The van der Waals surface area contributed by atoms with E-state index in [1.54, 1.807) is 49.6 Å². The number of barbiturate groups is 1. The molecule has 1 saturated heterocycles. The van der Waals surface area contributed by atoms with Gasteiger partial charge in [-0.1, -0.05) is 44.2 Å². The van der Waals surface area contributed by atoms with Crippen LogP contribution < -0.4 is 15.0 Å². The topological polar surface area (TPSA) is 75.7 Å². The normalized spacial score (nSPS) is 20.0. The molecule has 0 aliphatic carbocycles. The maximum atomic E-state index is 13.5. The summed E-state index contributed by atoms with van der Waals surface area (Å²) in [6.45, 7) is 3.64. The number of carbonyl (C=O) groups excluding carboxylic acids is 3. The molecule has 0 bridgehead atoms. The minimum absolute atomic E-state index is 0.190. The van der Waals surface area contributed by atoms with Crippen LogP contribution in [0.3, 0.4) is 0 Å². The largest absolute Gasteiger partial charge is 0.497 e. The highest BCUT2D eigenvalue weighted by atomic mass is 16.5. The highest BCUT2D eigenvalue weighted by Crippen LogP contribution is 2.38. The number of hydrogen-bond donors (Lipinski definition) is 1. The predicted molar refractivity (Wildman–Crippen MR) is 101 cm³/mol. The highest BCUT2D eigenvalue weighted by molar-refractivity contribution is 6.30. The average molecular weight is 366 g/mol. The van der Waals surface area contributed by atoms with E-state index >= 15 is 0 Å². The first kappa shape index (κ1) is 18.6. The van der Waals surface area contributed by atoms with E-state index in [0.29, 0.717) is 11.4 Å². The van der Waals surface area contributed by atoms with Crippen molar-refractivity contribution >= 4 is 23.5 Å². The number of urea groups is 1. The molecule has 0 saturated carbocycles. The molecule has 1 atom stereocenters. The third kappa shape index (κ3) is 3.18. The molecule has 6 nitrogen and oxygen atoms in total. The van der Waals surface area contributed by atoms with E-state index in [1.807, 2.05) is 26.0 Å². The number of nitrogens with zero attached hydrogens (tertiary/aromatic N) is 1. The molecule has 1 heterocycles. The van der Waals surface area contributed by atoms with Crippen LogP contribution in [0.5, 0.6) is 5.75 Å². The lowest BCUT2D eigenvalue weighted by Crippen LogP contribution is -2.66. The lowest BCUT2D eigenvalue weighted by atomic mass is 9.69. The molecule has 27 heavy (non-hydrogen) atoms. The second-order valence-electron chi connectivity index (χ2n) is 6.89. The second-order valence-corrected chi connectivity index (χ2v) is 6.89. The second kappa shape index (κ2) is 7.23. The van der Waals surface area contributed by atoms with E-state index in [0.717, 1.165) is 10.5 Å². The highest BCUT2D eigenvalue weighted by Gasteiger charge is 2.56. The fraction of sp³-hybridized carbons (Fsp3) is 0.286. The Labute approximate surface area is 158 Å². The van der Waals surface area contributed by atoms with Crippen LogP contribution in [0.4, 0.5) is 10.5 Å². The van der Waals surface area contributed by atoms with Crippen LogP contribution in [-0.2, 0) is 16.0 Å². The van der Waals surface area contributed by atoms with Crippen LogP contribution in [0, 0.1) is 11.3 Å². The number of hydrogen-bond acceptors (Lipinski definition) is 4. The molecule has 1 aliphatic rings. The van der Waals surface area contributed by atoms with Crippen molar-refractivity contribution in [3.63, 3.8) is 0 Å². The molecule has 2 aromatic rings. The van der Waals surface area contributed by atoms with Gasteiger partial charge in [-0.2, -0.15) is 0 Å². The van der Waals surface area contributed by atoms with E-state index < -0.39 is 23.3 Å². The standard InChI is InChI=1S/C21H22N2O4/c1-14(2)21(13-15-9-11-17(27-3)12-10-15)18(24)22-20(26)23(19(21)25)16-7-5-4-6-8-16/h4-12,14H,13H2,1-3H3,(H,22,24,26). The van der Waals surface area contributed by atoms with Gasteiger partial charge in [0.15, 0.2) is 0 Å². The Morgan fingerprint density at radius 1 is 1.00 bits per heavy atom. The predicted octanol–water partition coefficient (Wildman–Crippen LogP) is 3.16. The molecular formula is C21H22N2O4. The van der Waals surface area contributed by atoms with Crippen LogP contribution in [0.1, 0.15) is 19.4 Å². The fourth-order valence-corrected chi connectivity index (χ4v) is 3.40. The number of anilines is 1. The van der Waals surface area contributed by atoms with Crippen LogP contribution in [-0.4, -0.2) is 25.0 Å². The first-order chi connectivity index (χ1) is 12.9. The number of carbonyl (C=O) groups is 3. The minimum atomic E-state index is -1.38. The average Bonchev–Trinajstić information content (AvgIpc) is 2.66. The van der Waals surface area contributed by atoms with Crippen molar-refractivity contribution < 1.29 is 19.1 Å². The van der Waals surface area contributed by atoms with Crippen molar-refractivity contribution in [1.82, 2.24) is 5.32 Å². The number of amides is 4. The molecule has 4 amide bonds. The van der Waals surface area contributed by atoms with Gasteiger partial charge in [-0.05, 0) is 42.2 Å². The Kier molecular flexibility index (Phi) is 4.99. The van der Waals surface area contributed by atoms with E-state index in [9.17, 15) is 14.4 Å². The number of methoxy groups -OCH3 is 1. The summed E-state index contributed by atoms with van der Waals surface area (Å²) in [7, 11) is 1.58. The van der Waals surface area contributed by atoms with Crippen molar-refractivity contribution in [3.05, 3.63) is 60.2 Å². The summed E-state index contributed by atoms with van der Waals surface area (Å²) >= 11 is 0. The van der Waals surface area contributed by atoms with Gasteiger partial charge in [0, 0.05) is 0 Å². The molecule has 6 heteroatoms. The number of imide groups is 2. The van der Waals surface area contributed by atoms with Gasteiger partial charge in [0.25, 0.3) is 5.91 Å².